The third-order valence-electron chi connectivity index (χ3n) is 2.72. The van der Waals surface area contributed by atoms with Gasteiger partial charge in [-0.1, -0.05) is 23.7 Å². The number of amides is 1. The van der Waals surface area contributed by atoms with Crippen LogP contribution in [0.2, 0.25) is 0 Å². The number of carboxylic acids is 1. The molecule has 0 spiro atoms. The fourth-order valence-corrected chi connectivity index (χ4v) is 1.85. The standard InChI is InChI=1S/C12H15N5O4/c1-3-4-8-11(12(19)20)14-16-17(8)6-10(18)13-9-5-7(2)21-15-9/h5H,3-4,6H2,1-2H3,(H,19,20)(H,13,15,18). The first-order chi connectivity index (χ1) is 10.0. The summed E-state index contributed by atoms with van der Waals surface area (Å²) >= 11 is 0. The van der Waals surface area contributed by atoms with E-state index in [0.29, 0.717) is 23.7 Å². The molecule has 0 aliphatic heterocycles. The highest BCUT2D eigenvalue weighted by atomic mass is 16.5. The highest BCUT2D eigenvalue weighted by molar-refractivity contribution is 5.90. The molecule has 0 fully saturated rings. The van der Waals surface area contributed by atoms with Gasteiger partial charge in [-0.2, -0.15) is 0 Å². The van der Waals surface area contributed by atoms with Gasteiger partial charge in [0.15, 0.2) is 11.5 Å². The second-order valence-electron chi connectivity index (χ2n) is 4.47. The van der Waals surface area contributed by atoms with Crippen molar-refractivity contribution in [3.05, 3.63) is 23.2 Å². The predicted octanol–water partition coefficient (Wildman–Crippen LogP) is 0.864. The number of aromatic carboxylic acids is 1. The van der Waals surface area contributed by atoms with Gasteiger partial charge in [0.1, 0.15) is 12.3 Å². The summed E-state index contributed by atoms with van der Waals surface area (Å²) in [4.78, 5) is 22.9. The molecule has 0 aliphatic rings. The fourth-order valence-electron chi connectivity index (χ4n) is 1.85. The lowest BCUT2D eigenvalue weighted by Crippen LogP contribution is -2.21. The molecular weight excluding hydrogens is 278 g/mol. The lowest BCUT2D eigenvalue weighted by molar-refractivity contribution is -0.117. The van der Waals surface area contributed by atoms with Crippen molar-refractivity contribution < 1.29 is 19.2 Å². The zero-order valence-electron chi connectivity index (χ0n) is 11.7. The molecule has 2 aromatic heterocycles. The number of aryl methyl sites for hydroxylation is 1. The third-order valence-corrected chi connectivity index (χ3v) is 2.72. The maximum absolute atomic E-state index is 11.9. The molecular formula is C12H15N5O4. The van der Waals surface area contributed by atoms with Crippen LogP contribution in [0.25, 0.3) is 0 Å². The Balaban J connectivity index is 2.11. The van der Waals surface area contributed by atoms with Crippen molar-refractivity contribution in [3.63, 3.8) is 0 Å². The Morgan fingerprint density at radius 2 is 2.24 bits per heavy atom. The third kappa shape index (κ3) is 3.44. The van der Waals surface area contributed by atoms with E-state index in [4.69, 9.17) is 9.63 Å². The average Bonchev–Trinajstić information content (AvgIpc) is 2.97. The summed E-state index contributed by atoms with van der Waals surface area (Å²) in [5.74, 6) is -0.668. The van der Waals surface area contributed by atoms with Gasteiger partial charge < -0.3 is 14.9 Å². The molecule has 2 aromatic rings. The van der Waals surface area contributed by atoms with Gasteiger partial charge in [0.25, 0.3) is 0 Å². The molecule has 21 heavy (non-hydrogen) atoms. The number of hydrogen-bond donors (Lipinski definition) is 2. The van der Waals surface area contributed by atoms with E-state index < -0.39 is 5.97 Å². The number of rotatable bonds is 6. The second kappa shape index (κ2) is 6.16. The van der Waals surface area contributed by atoms with E-state index in [0.717, 1.165) is 6.42 Å². The van der Waals surface area contributed by atoms with Crippen molar-refractivity contribution in [2.45, 2.75) is 33.2 Å². The van der Waals surface area contributed by atoms with Gasteiger partial charge in [-0.05, 0) is 13.3 Å². The van der Waals surface area contributed by atoms with Crippen molar-refractivity contribution in [2.75, 3.05) is 5.32 Å². The summed E-state index contributed by atoms with van der Waals surface area (Å²) < 4.78 is 6.12. The number of hydrogen-bond acceptors (Lipinski definition) is 6. The summed E-state index contributed by atoms with van der Waals surface area (Å²) in [5, 5.41) is 22.5. The minimum absolute atomic E-state index is 0.123. The number of anilines is 1. The molecule has 0 bridgehead atoms. The van der Waals surface area contributed by atoms with Crippen LogP contribution >= 0.6 is 0 Å². The summed E-state index contributed by atoms with van der Waals surface area (Å²) in [6.07, 6.45) is 1.20. The number of carbonyl (C=O) groups excluding carboxylic acids is 1. The van der Waals surface area contributed by atoms with E-state index in [1.165, 1.54) is 4.68 Å². The molecule has 112 valence electrons. The molecule has 0 aliphatic carbocycles. The Hall–Kier alpha value is -2.71. The minimum atomic E-state index is -1.16. The molecule has 1 amide bonds. The number of carboxylic acid groups (broad SMARTS) is 1. The molecule has 0 atom stereocenters. The Morgan fingerprint density at radius 1 is 1.48 bits per heavy atom. The van der Waals surface area contributed by atoms with E-state index in [9.17, 15) is 9.59 Å². The highest BCUT2D eigenvalue weighted by Gasteiger charge is 2.19. The van der Waals surface area contributed by atoms with Crippen molar-refractivity contribution >= 4 is 17.7 Å². The monoisotopic (exact) mass is 293 g/mol. The minimum Gasteiger partial charge on any atom is -0.476 e. The van der Waals surface area contributed by atoms with Gasteiger partial charge in [0.05, 0.1) is 5.69 Å². The summed E-state index contributed by atoms with van der Waals surface area (Å²) in [5.41, 5.74) is 0.304. The van der Waals surface area contributed by atoms with Crippen molar-refractivity contribution in [3.8, 4) is 0 Å². The van der Waals surface area contributed by atoms with Crippen molar-refractivity contribution in [1.82, 2.24) is 20.2 Å². The highest BCUT2D eigenvalue weighted by Crippen LogP contribution is 2.10. The van der Waals surface area contributed by atoms with Gasteiger partial charge in [-0.25, -0.2) is 9.48 Å². The zero-order chi connectivity index (χ0) is 15.4. The quantitative estimate of drug-likeness (QED) is 0.809. The molecule has 9 nitrogen and oxygen atoms in total. The number of aromatic nitrogens is 4. The SMILES string of the molecule is CCCc1c(C(=O)O)nnn1CC(=O)Nc1cc(C)on1. The van der Waals surface area contributed by atoms with Crippen LogP contribution in [0.1, 0.15) is 35.3 Å². The number of nitrogens with zero attached hydrogens (tertiary/aromatic N) is 4. The number of carbonyl (C=O) groups is 2. The molecule has 2 rings (SSSR count). The molecule has 0 saturated carbocycles. The van der Waals surface area contributed by atoms with Crippen LogP contribution in [-0.4, -0.2) is 37.1 Å². The van der Waals surface area contributed by atoms with Crippen LogP contribution in [0, 0.1) is 6.92 Å². The van der Waals surface area contributed by atoms with Gasteiger partial charge in [-0.15, -0.1) is 5.10 Å². The summed E-state index contributed by atoms with van der Waals surface area (Å²) in [6.45, 7) is 3.47. The van der Waals surface area contributed by atoms with E-state index >= 15 is 0 Å². The van der Waals surface area contributed by atoms with Crippen LogP contribution in [0.3, 0.4) is 0 Å². The van der Waals surface area contributed by atoms with Crippen LogP contribution in [0.15, 0.2) is 10.6 Å². The fraction of sp³-hybridized carbons (Fsp3) is 0.417. The van der Waals surface area contributed by atoms with Crippen molar-refractivity contribution in [2.24, 2.45) is 0 Å². The van der Waals surface area contributed by atoms with Crippen LogP contribution in [-0.2, 0) is 17.8 Å². The van der Waals surface area contributed by atoms with Crippen LogP contribution < -0.4 is 5.32 Å². The largest absolute Gasteiger partial charge is 0.476 e. The lowest BCUT2D eigenvalue weighted by atomic mass is 10.2. The zero-order valence-corrected chi connectivity index (χ0v) is 11.7. The molecule has 0 radical (unpaired) electrons. The summed E-state index contributed by atoms with van der Waals surface area (Å²) in [7, 11) is 0. The normalized spacial score (nSPS) is 10.6. The lowest BCUT2D eigenvalue weighted by Gasteiger charge is -2.05. The van der Waals surface area contributed by atoms with E-state index in [1.54, 1.807) is 13.0 Å². The molecule has 2 N–H and O–H groups in total. The molecule has 0 aromatic carbocycles. The maximum atomic E-state index is 11.9. The molecule has 9 heteroatoms. The topological polar surface area (TPSA) is 123 Å². The molecule has 0 saturated heterocycles. The van der Waals surface area contributed by atoms with E-state index in [-0.39, 0.29) is 18.1 Å². The molecule has 0 unspecified atom stereocenters. The van der Waals surface area contributed by atoms with Gasteiger partial charge in [0.2, 0.25) is 5.91 Å². The summed E-state index contributed by atoms with van der Waals surface area (Å²) in [6, 6.07) is 1.58. The van der Waals surface area contributed by atoms with Crippen LogP contribution in [0.4, 0.5) is 5.82 Å². The first-order valence-corrected chi connectivity index (χ1v) is 6.40. The smallest absolute Gasteiger partial charge is 0.358 e. The maximum Gasteiger partial charge on any atom is 0.358 e. The van der Waals surface area contributed by atoms with Gasteiger partial charge in [-0.3, -0.25) is 4.79 Å². The Kier molecular flexibility index (Phi) is 4.31. The molecule has 2 heterocycles. The number of nitrogens with one attached hydrogen (secondary N) is 1. The Morgan fingerprint density at radius 3 is 2.81 bits per heavy atom. The Labute approximate surface area is 119 Å². The van der Waals surface area contributed by atoms with E-state index in [2.05, 4.69) is 20.8 Å². The van der Waals surface area contributed by atoms with E-state index in [1.807, 2.05) is 6.92 Å². The Bertz CT molecular complexity index is 660. The first-order valence-electron chi connectivity index (χ1n) is 6.40. The average molecular weight is 293 g/mol. The second-order valence-corrected chi connectivity index (χ2v) is 4.47. The van der Waals surface area contributed by atoms with Crippen LogP contribution in [0.5, 0.6) is 0 Å². The predicted molar refractivity (Wildman–Crippen MR) is 70.8 cm³/mol. The van der Waals surface area contributed by atoms with Gasteiger partial charge in [0, 0.05) is 6.07 Å². The van der Waals surface area contributed by atoms with Crippen molar-refractivity contribution in [1.29, 1.82) is 0 Å². The first kappa shape index (κ1) is 14.7. The van der Waals surface area contributed by atoms with Gasteiger partial charge >= 0.3 is 5.97 Å².